The Balaban J connectivity index is 1.76. The van der Waals surface area contributed by atoms with Gasteiger partial charge in [0.15, 0.2) is 5.69 Å². The molecule has 2 aromatic heterocycles. The SMILES string of the molecule is Nc1c(N(Cc2ccco2)C(=O)/C=C/c2cccc(F)c2)c(=O)[nH]c(=O)n1Cc1ccccc1. The maximum atomic E-state index is 13.5. The number of aromatic nitrogens is 2. The highest BCUT2D eigenvalue weighted by atomic mass is 19.1. The highest BCUT2D eigenvalue weighted by Gasteiger charge is 2.24. The second-order valence-corrected chi connectivity index (χ2v) is 7.46. The van der Waals surface area contributed by atoms with Crippen molar-refractivity contribution in [1.29, 1.82) is 0 Å². The monoisotopic (exact) mass is 460 g/mol. The van der Waals surface area contributed by atoms with Crippen LogP contribution >= 0.6 is 0 Å². The molecule has 34 heavy (non-hydrogen) atoms. The van der Waals surface area contributed by atoms with Gasteiger partial charge in [-0.25, -0.2) is 9.18 Å². The van der Waals surface area contributed by atoms with Crippen molar-refractivity contribution >= 4 is 23.5 Å². The van der Waals surface area contributed by atoms with Gasteiger partial charge in [0.1, 0.15) is 17.4 Å². The molecule has 0 aliphatic heterocycles. The molecule has 8 nitrogen and oxygen atoms in total. The van der Waals surface area contributed by atoms with Crippen molar-refractivity contribution in [3.8, 4) is 0 Å². The molecule has 4 rings (SSSR count). The number of aromatic amines is 1. The Morgan fingerprint density at radius 1 is 1.09 bits per heavy atom. The van der Waals surface area contributed by atoms with Gasteiger partial charge in [-0.2, -0.15) is 0 Å². The van der Waals surface area contributed by atoms with Gasteiger partial charge in [-0.15, -0.1) is 0 Å². The molecule has 0 fully saturated rings. The van der Waals surface area contributed by atoms with Crippen LogP contribution in [0.15, 0.2) is 93.1 Å². The molecule has 3 N–H and O–H groups in total. The molecule has 0 saturated heterocycles. The normalized spacial score (nSPS) is 11.1. The summed E-state index contributed by atoms with van der Waals surface area (Å²) < 4.78 is 20.0. The maximum absolute atomic E-state index is 13.5. The number of rotatable bonds is 7. The van der Waals surface area contributed by atoms with E-state index in [-0.39, 0.29) is 24.6 Å². The second-order valence-electron chi connectivity index (χ2n) is 7.46. The van der Waals surface area contributed by atoms with E-state index in [0.29, 0.717) is 11.3 Å². The molecule has 9 heteroatoms. The molecule has 0 radical (unpaired) electrons. The third-order valence-corrected chi connectivity index (χ3v) is 5.09. The van der Waals surface area contributed by atoms with E-state index >= 15 is 0 Å². The molecule has 0 atom stereocenters. The molecule has 2 aromatic carbocycles. The van der Waals surface area contributed by atoms with Crippen molar-refractivity contribution in [3.05, 3.63) is 123 Å². The zero-order valence-electron chi connectivity index (χ0n) is 18.0. The Kier molecular flexibility index (Phi) is 6.54. The van der Waals surface area contributed by atoms with Gasteiger partial charge in [-0.05, 0) is 41.5 Å². The number of H-pyrrole nitrogens is 1. The Bertz CT molecular complexity index is 1440. The van der Waals surface area contributed by atoms with Crippen LogP contribution in [-0.4, -0.2) is 15.5 Å². The standard InChI is InChI=1S/C25H21FN4O4/c26-19-9-4-8-17(14-19)11-12-21(31)29(16-20-10-5-13-34-20)22-23(27)30(25(33)28-24(22)32)15-18-6-2-1-3-7-18/h1-14H,15-16,27H2,(H,28,32,33)/b12-11+. The first-order chi connectivity index (χ1) is 16.4. The van der Waals surface area contributed by atoms with E-state index in [9.17, 15) is 18.8 Å². The summed E-state index contributed by atoms with van der Waals surface area (Å²) in [6.07, 6.45) is 4.05. The fraction of sp³-hybridized carbons (Fsp3) is 0.0800. The zero-order valence-corrected chi connectivity index (χ0v) is 18.0. The van der Waals surface area contributed by atoms with Gasteiger partial charge in [0, 0.05) is 6.08 Å². The lowest BCUT2D eigenvalue weighted by atomic mass is 10.2. The van der Waals surface area contributed by atoms with Crippen LogP contribution in [0.2, 0.25) is 0 Å². The average Bonchev–Trinajstić information content (AvgIpc) is 3.33. The first-order valence-electron chi connectivity index (χ1n) is 10.4. The van der Waals surface area contributed by atoms with Crippen LogP contribution in [0.25, 0.3) is 6.08 Å². The number of furan rings is 1. The van der Waals surface area contributed by atoms with E-state index in [1.165, 1.54) is 41.2 Å². The summed E-state index contributed by atoms with van der Waals surface area (Å²) in [5.41, 5.74) is 5.81. The Morgan fingerprint density at radius 3 is 2.59 bits per heavy atom. The van der Waals surface area contributed by atoms with Crippen molar-refractivity contribution in [2.24, 2.45) is 0 Å². The highest BCUT2D eigenvalue weighted by molar-refractivity contribution is 6.05. The second kappa shape index (κ2) is 9.86. The number of halogens is 1. The van der Waals surface area contributed by atoms with Crippen LogP contribution in [0.5, 0.6) is 0 Å². The molecule has 0 aliphatic carbocycles. The maximum Gasteiger partial charge on any atom is 0.330 e. The number of nitrogens with two attached hydrogens (primary N) is 1. The smallest absolute Gasteiger partial charge is 0.330 e. The lowest BCUT2D eigenvalue weighted by molar-refractivity contribution is -0.114. The van der Waals surface area contributed by atoms with E-state index in [1.54, 1.807) is 18.2 Å². The first-order valence-corrected chi connectivity index (χ1v) is 10.4. The number of anilines is 2. The number of carbonyl (C=O) groups excluding carboxylic acids is 1. The summed E-state index contributed by atoms with van der Waals surface area (Å²) in [7, 11) is 0. The number of carbonyl (C=O) groups is 1. The Hall–Kier alpha value is -4.66. The third kappa shape index (κ3) is 5.04. The average molecular weight is 460 g/mol. The van der Waals surface area contributed by atoms with Crippen molar-refractivity contribution in [3.63, 3.8) is 0 Å². The summed E-state index contributed by atoms with van der Waals surface area (Å²) in [6.45, 7) is -0.0205. The molecular weight excluding hydrogens is 439 g/mol. The Morgan fingerprint density at radius 2 is 1.88 bits per heavy atom. The highest BCUT2D eigenvalue weighted by Crippen LogP contribution is 2.21. The van der Waals surface area contributed by atoms with Crippen molar-refractivity contribution in [1.82, 2.24) is 9.55 Å². The molecule has 172 valence electrons. The largest absolute Gasteiger partial charge is 0.467 e. The minimum absolute atomic E-state index is 0.0944. The number of nitrogens with zero attached hydrogens (tertiary/aromatic N) is 2. The number of nitrogen functional groups attached to an aromatic ring is 1. The molecule has 4 aromatic rings. The predicted octanol–water partition coefficient (Wildman–Crippen LogP) is 3.15. The fourth-order valence-corrected chi connectivity index (χ4v) is 3.45. The van der Waals surface area contributed by atoms with E-state index in [2.05, 4.69) is 4.98 Å². The van der Waals surface area contributed by atoms with Crippen LogP contribution in [-0.2, 0) is 17.9 Å². The minimum Gasteiger partial charge on any atom is -0.467 e. The lowest BCUT2D eigenvalue weighted by Gasteiger charge is -2.22. The molecule has 0 saturated carbocycles. The van der Waals surface area contributed by atoms with Gasteiger partial charge in [-0.3, -0.25) is 24.0 Å². The van der Waals surface area contributed by atoms with Crippen LogP contribution < -0.4 is 21.9 Å². The first kappa shape index (κ1) is 22.5. The summed E-state index contributed by atoms with van der Waals surface area (Å²) >= 11 is 0. The molecule has 1 amide bonds. The van der Waals surface area contributed by atoms with Crippen LogP contribution in [0.4, 0.5) is 15.9 Å². The number of benzene rings is 2. The quantitative estimate of drug-likeness (QED) is 0.411. The van der Waals surface area contributed by atoms with Crippen molar-refractivity contribution in [2.45, 2.75) is 13.1 Å². The summed E-state index contributed by atoms with van der Waals surface area (Å²) in [5.74, 6) is -0.831. The molecule has 0 aliphatic rings. The fourth-order valence-electron chi connectivity index (χ4n) is 3.45. The van der Waals surface area contributed by atoms with E-state index in [0.717, 1.165) is 10.5 Å². The van der Waals surface area contributed by atoms with Gasteiger partial charge in [0.2, 0.25) is 0 Å². The molecular formula is C25H21FN4O4. The summed E-state index contributed by atoms with van der Waals surface area (Å²) in [6, 6.07) is 18.1. The van der Waals surface area contributed by atoms with Crippen LogP contribution in [0.1, 0.15) is 16.9 Å². The van der Waals surface area contributed by atoms with Crippen LogP contribution in [0, 0.1) is 5.82 Å². The number of hydrogen-bond donors (Lipinski definition) is 2. The molecule has 0 bridgehead atoms. The number of hydrogen-bond acceptors (Lipinski definition) is 5. The number of nitrogens with one attached hydrogen (secondary N) is 1. The third-order valence-electron chi connectivity index (χ3n) is 5.09. The minimum atomic E-state index is -0.814. The van der Waals surface area contributed by atoms with Gasteiger partial charge in [0.25, 0.3) is 11.5 Å². The molecule has 2 heterocycles. The number of amides is 1. The van der Waals surface area contributed by atoms with Gasteiger partial charge in [0.05, 0.1) is 19.4 Å². The summed E-state index contributed by atoms with van der Waals surface area (Å²) in [5, 5.41) is 0. The van der Waals surface area contributed by atoms with Crippen molar-refractivity contribution < 1.29 is 13.6 Å². The topological polar surface area (TPSA) is 114 Å². The lowest BCUT2D eigenvalue weighted by Crippen LogP contribution is -2.40. The molecule has 0 spiro atoms. The Labute approximate surface area is 193 Å². The van der Waals surface area contributed by atoms with Crippen molar-refractivity contribution in [2.75, 3.05) is 10.6 Å². The predicted molar refractivity (Wildman–Crippen MR) is 127 cm³/mol. The van der Waals surface area contributed by atoms with E-state index < -0.39 is 23.0 Å². The molecule has 0 unspecified atom stereocenters. The van der Waals surface area contributed by atoms with Gasteiger partial charge < -0.3 is 10.2 Å². The van der Waals surface area contributed by atoms with Gasteiger partial charge >= 0.3 is 5.69 Å². The zero-order chi connectivity index (χ0) is 24.1. The van der Waals surface area contributed by atoms with E-state index in [1.807, 2.05) is 30.3 Å². The van der Waals surface area contributed by atoms with E-state index in [4.69, 9.17) is 10.2 Å². The van der Waals surface area contributed by atoms with Crippen LogP contribution in [0.3, 0.4) is 0 Å². The van der Waals surface area contributed by atoms with Gasteiger partial charge in [-0.1, -0.05) is 42.5 Å². The summed E-state index contributed by atoms with van der Waals surface area (Å²) in [4.78, 5) is 41.9.